The van der Waals surface area contributed by atoms with Crippen LogP contribution in [-0.2, 0) is 6.42 Å². The molecule has 4 rings (SSSR count). The van der Waals surface area contributed by atoms with Crippen molar-refractivity contribution >= 4 is 33.6 Å². The smallest absolute Gasteiger partial charge is 0.189 e. The van der Waals surface area contributed by atoms with Crippen LogP contribution in [0.4, 0.5) is 5.82 Å². The van der Waals surface area contributed by atoms with Crippen LogP contribution in [0, 0.1) is 0 Å². The SMILES string of the molecule is CN1CCN(c2ccc(/C=C3\CCc4ccc(Br)cc4C3=O)cn2)CC1. The number of benzene rings is 1. The first-order valence-electron chi connectivity index (χ1n) is 9.03. The quantitative estimate of drug-likeness (QED) is 0.703. The van der Waals surface area contributed by atoms with Crippen LogP contribution in [0.5, 0.6) is 0 Å². The molecule has 0 amide bonds. The maximum absolute atomic E-state index is 12.8. The van der Waals surface area contributed by atoms with Gasteiger partial charge in [0.15, 0.2) is 5.78 Å². The Balaban J connectivity index is 1.52. The van der Waals surface area contributed by atoms with Gasteiger partial charge in [0.2, 0.25) is 0 Å². The van der Waals surface area contributed by atoms with Crippen molar-refractivity contribution in [3.63, 3.8) is 0 Å². The van der Waals surface area contributed by atoms with Gasteiger partial charge >= 0.3 is 0 Å². The first kappa shape index (κ1) is 17.4. The van der Waals surface area contributed by atoms with Crippen LogP contribution in [-0.4, -0.2) is 48.9 Å². The summed E-state index contributed by atoms with van der Waals surface area (Å²) in [7, 11) is 2.15. The number of hydrogen-bond acceptors (Lipinski definition) is 4. The van der Waals surface area contributed by atoms with Crippen LogP contribution in [0.15, 0.2) is 46.6 Å². The number of carbonyl (C=O) groups is 1. The van der Waals surface area contributed by atoms with Crippen molar-refractivity contribution in [1.29, 1.82) is 0 Å². The number of hydrogen-bond donors (Lipinski definition) is 0. The van der Waals surface area contributed by atoms with Crippen molar-refractivity contribution in [2.75, 3.05) is 38.1 Å². The second-order valence-electron chi connectivity index (χ2n) is 7.04. The summed E-state index contributed by atoms with van der Waals surface area (Å²) in [6.07, 6.45) is 5.57. The predicted octanol–water partition coefficient (Wildman–Crippen LogP) is 3.81. The zero-order valence-electron chi connectivity index (χ0n) is 14.9. The summed E-state index contributed by atoms with van der Waals surface area (Å²) in [6, 6.07) is 10.1. The minimum absolute atomic E-state index is 0.135. The van der Waals surface area contributed by atoms with Crippen molar-refractivity contribution in [1.82, 2.24) is 9.88 Å². The molecule has 1 aromatic carbocycles. The third-order valence-corrected chi connectivity index (χ3v) is 5.70. The monoisotopic (exact) mass is 411 g/mol. The Labute approximate surface area is 162 Å². The topological polar surface area (TPSA) is 36.4 Å². The lowest BCUT2D eigenvalue weighted by molar-refractivity contribution is 0.102. The number of carbonyl (C=O) groups excluding carboxylic acids is 1. The van der Waals surface area contributed by atoms with Crippen molar-refractivity contribution in [2.24, 2.45) is 0 Å². The summed E-state index contributed by atoms with van der Waals surface area (Å²) in [4.78, 5) is 22.1. The van der Waals surface area contributed by atoms with Gasteiger partial charge in [-0.2, -0.15) is 0 Å². The molecule has 2 heterocycles. The Hall–Kier alpha value is -1.98. The Kier molecular flexibility index (Phi) is 4.92. The molecule has 0 unspecified atom stereocenters. The van der Waals surface area contributed by atoms with E-state index in [0.29, 0.717) is 0 Å². The van der Waals surface area contributed by atoms with Crippen LogP contribution in [0.2, 0.25) is 0 Å². The van der Waals surface area contributed by atoms with Crippen molar-refractivity contribution < 1.29 is 4.79 Å². The molecule has 0 atom stereocenters. The fourth-order valence-electron chi connectivity index (χ4n) is 3.58. The Morgan fingerprint density at radius 1 is 1.08 bits per heavy atom. The Morgan fingerprint density at radius 3 is 2.62 bits per heavy atom. The van der Waals surface area contributed by atoms with E-state index in [1.165, 1.54) is 0 Å². The number of likely N-dealkylation sites (N-methyl/N-ethyl adjacent to an activating group) is 1. The molecule has 1 aliphatic heterocycles. The molecule has 1 saturated heterocycles. The van der Waals surface area contributed by atoms with E-state index >= 15 is 0 Å². The molecule has 1 aromatic heterocycles. The molecule has 2 aromatic rings. The summed E-state index contributed by atoms with van der Waals surface area (Å²) in [5.74, 6) is 1.15. The number of aromatic nitrogens is 1. The minimum Gasteiger partial charge on any atom is -0.354 e. The van der Waals surface area contributed by atoms with Gasteiger partial charge in [-0.05, 0) is 61.4 Å². The number of nitrogens with zero attached hydrogens (tertiary/aromatic N) is 3. The average Bonchev–Trinajstić information content (AvgIpc) is 2.66. The zero-order valence-corrected chi connectivity index (χ0v) is 16.5. The number of rotatable bonds is 2. The Bertz CT molecular complexity index is 852. The minimum atomic E-state index is 0.135. The summed E-state index contributed by atoms with van der Waals surface area (Å²) in [5, 5.41) is 0. The highest BCUT2D eigenvalue weighted by Crippen LogP contribution is 2.29. The fourth-order valence-corrected chi connectivity index (χ4v) is 3.94. The summed E-state index contributed by atoms with van der Waals surface area (Å²) >= 11 is 3.46. The first-order valence-corrected chi connectivity index (χ1v) is 9.83. The standard InChI is InChI=1S/C21H22BrN3O/c1-24-8-10-25(11-9-24)20-7-2-15(14-23-20)12-17-4-3-16-5-6-18(22)13-19(16)21(17)26/h2,5-7,12-14H,3-4,8-11H2,1H3/b17-12+. The molecule has 0 radical (unpaired) electrons. The fraction of sp³-hybridized carbons (Fsp3) is 0.333. The van der Waals surface area contributed by atoms with Crippen LogP contribution in [0.3, 0.4) is 0 Å². The van der Waals surface area contributed by atoms with Crippen molar-refractivity contribution in [2.45, 2.75) is 12.8 Å². The first-order chi connectivity index (χ1) is 12.6. The predicted molar refractivity (Wildman–Crippen MR) is 109 cm³/mol. The number of Topliss-reactive ketones (excluding diaryl/α,β-unsaturated/α-hetero) is 1. The summed E-state index contributed by atoms with van der Waals surface area (Å²) in [6.45, 7) is 4.15. The lowest BCUT2D eigenvalue weighted by Gasteiger charge is -2.33. The Morgan fingerprint density at radius 2 is 1.88 bits per heavy atom. The summed E-state index contributed by atoms with van der Waals surface area (Å²) in [5.41, 5.74) is 3.81. The van der Waals surface area contributed by atoms with Gasteiger partial charge in [0.1, 0.15) is 5.82 Å². The lowest BCUT2D eigenvalue weighted by atomic mass is 9.86. The number of anilines is 1. The van der Waals surface area contributed by atoms with Gasteiger partial charge in [-0.25, -0.2) is 4.98 Å². The van der Waals surface area contributed by atoms with E-state index in [0.717, 1.165) is 71.6 Å². The van der Waals surface area contributed by atoms with E-state index in [9.17, 15) is 4.79 Å². The second-order valence-corrected chi connectivity index (χ2v) is 7.96. The van der Waals surface area contributed by atoms with Gasteiger partial charge < -0.3 is 9.80 Å². The number of ketones is 1. The highest BCUT2D eigenvalue weighted by molar-refractivity contribution is 9.10. The number of allylic oxidation sites excluding steroid dienone is 1. The van der Waals surface area contributed by atoms with E-state index < -0.39 is 0 Å². The normalized spacial score (nSPS) is 19.7. The number of pyridine rings is 1. The second kappa shape index (κ2) is 7.33. The van der Waals surface area contributed by atoms with Gasteiger partial charge in [0, 0.05) is 48.0 Å². The van der Waals surface area contributed by atoms with Gasteiger partial charge in [-0.1, -0.05) is 22.0 Å². The molecule has 1 fully saturated rings. The van der Waals surface area contributed by atoms with E-state index in [-0.39, 0.29) is 5.78 Å². The number of piperazine rings is 1. The molecule has 26 heavy (non-hydrogen) atoms. The van der Waals surface area contributed by atoms with Crippen LogP contribution < -0.4 is 4.90 Å². The molecule has 4 nitrogen and oxygen atoms in total. The molecular weight excluding hydrogens is 390 g/mol. The molecule has 2 aliphatic rings. The molecule has 0 bridgehead atoms. The highest BCUT2D eigenvalue weighted by Gasteiger charge is 2.22. The van der Waals surface area contributed by atoms with Crippen LogP contribution in [0.25, 0.3) is 6.08 Å². The van der Waals surface area contributed by atoms with Crippen LogP contribution >= 0.6 is 15.9 Å². The number of halogens is 1. The lowest BCUT2D eigenvalue weighted by Crippen LogP contribution is -2.44. The largest absolute Gasteiger partial charge is 0.354 e. The van der Waals surface area contributed by atoms with Gasteiger partial charge in [-0.15, -0.1) is 0 Å². The van der Waals surface area contributed by atoms with E-state index in [4.69, 9.17) is 0 Å². The molecule has 0 spiro atoms. The maximum atomic E-state index is 12.8. The van der Waals surface area contributed by atoms with E-state index in [1.807, 2.05) is 30.5 Å². The third-order valence-electron chi connectivity index (χ3n) is 5.21. The van der Waals surface area contributed by atoms with E-state index in [1.54, 1.807) is 0 Å². The number of aryl methyl sites for hydroxylation is 1. The van der Waals surface area contributed by atoms with Gasteiger partial charge in [-0.3, -0.25) is 4.79 Å². The van der Waals surface area contributed by atoms with Crippen molar-refractivity contribution in [3.05, 3.63) is 63.3 Å². The third kappa shape index (κ3) is 3.60. The number of fused-ring (bicyclic) bond motifs is 1. The molecule has 0 saturated carbocycles. The molecule has 5 heteroatoms. The molecule has 1 aliphatic carbocycles. The molecular formula is C21H22BrN3O. The van der Waals surface area contributed by atoms with Crippen LogP contribution in [0.1, 0.15) is 27.9 Å². The molecule has 134 valence electrons. The van der Waals surface area contributed by atoms with Gasteiger partial charge in [0.25, 0.3) is 0 Å². The van der Waals surface area contributed by atoms with E-state index in [2.05, 4.69) is 49.9 Å². The maximum Gasteiger partial charge on any atom is 0.189 e. The highest BCUT2D eigenvalue weighted by atomic mass is 79.9. The van der Waals surface area contributed by atoms with Gasteiger partial charge in [0.05, 0.1) is 0 Å². The average molecular weight is 412 g/mol. The van der Waals surface area contributed by atoms with Crippen molar-refractivity contribution in [3.8, 4) is 0 Å². The zero-order chi connectivity index (χ0) is 18.1. The summed E-state index contributed by atoms with van der Waals surface area (Å²) < 4.78 is 0.948. The molecule has 0 N–H and O–H groups in total.